The van der Waals surface area contributed by atoms with Gasteiger partial charge in [-0.05, 0) is 37.3 Å². The predicted molar refractivity (Wildman–Crippen MR) is 82.2 cm³/mol. The molecular formula is C16H15FN4O3. The molecule has 7 nitrogen and oxygen atoms in total. The van der Waals surface area contributed by atoms with Gasteiger partial charge in [0.1, 0.15) is 11.9 Å². The number of carbonyl (C=O) groups excluding carboxylic acids is 1. The minimum absolute atomic E-state index is 0.257. The van der Waals surface area contributed by atoms with E-state index in [4.69, 9.17) is 8.94 Å². The van der Waals surface area contributed by atoms with Gasteiger partial charge in [-0.25, -0.2) is 9.18 Å². The van der Waals surface area contributed by atoms with Crippen LogP contribution in [-0.4, -0.2) is 16.2 Å². The van der Waals surface area contributed by atoms with E-state index in [0.29, 0.717) is 17.9 Å². The van der Waals surface area contributed by atoms with Crippen LogP contribution in [0.4, 0.5) is 9.18 Å². The number of halogens is 1. The van der Waals surface area contributed by atoms with Gasteiger partial charge in [0.15, 0.2) is 0 Å². The molecule has 3 rings (SSSR count). The van der Waals surface area contributed by atoms with Crippen LogP contribution in [-0.2, 0) is 6.54 Å². The van der Waals surface area contributed by atoms with E-state index in [1.54, 1.807) is 31.4 Å². The Labute approximate surface area is 136 Å². The molecule has 0 saturated heterocycles. The summed E-state index contributed by atoms with van der Waals surface area (Å²) in [4.78, 5) is 16.1. The molecule has 2 N–H and O–H groups in total. The summed E-state index contributed by atoms with van der Waals surface area (Å²) in [5, 5.41) is 9.22. The number of hydrogen-bond acceptors (Lipinski definition) is 5. The first-order chi connectivity index (χ1) is 11.6. The normalized spacial score (nSPS) is 11.9. The topological polar surface area (TPSA) is 93.2 Å². The van der Waals surface area contributed by atoms with Crippen molar-refractivity contribution in [2.24, 2.45) is 0 Å². The lowest BCUT2D eigenvalue weighted by atomic mass is 10.2. The van der Waals surface area contributed by atoms with E-state index in [9.17, 15) is 9.18 Å². The summed E-state index contributed by atoms with van der Waals surface area (Å²) < 4.78 is 23.0. The molecule has 0 unspecified atom stereocenters. The van der Waals surface area contributed by atoms with Crippen LogP contribution in [0.1, 0.15) is 24.4 Å². The van der Waals surface area contributed by atoms with E-state index in [1.807, 2.05) is 0 Å². The van der Waals surface area contributed by atoms with Crippen LogP contribution in [0, 0.1) is 5.82 Å². The molecule has 0 fully saturated rings. The SMILES string of the molecule is C[C@H](NC(=O)NCc1ccoc1)c1nc(-c2ccc(F)cc2)no1. The highest BCUT2D eigenvalue weighted by molar-refractivity contribution is 5.74. The van der Waals surface area contributed by atoms with E-state index < -0.39 is 6.04 Å². The number of hydrogen-bond donors (Lipinski definition) is 2. The van der Waals surface area contributed by atoms with Gasteiger partial charge in [-0.1, -0.05) is 5.16 Å². The molecule has 2 amide bonds. The highest BCUT2D eigenvalue weighted by Crippen LogP contribution is 2.18. The maximum Gasteiger partial charge on any atom is 0.315 e. The fourth-order valence-corrected chi connectivity index (χ4v) is 2.01. The highest BCUT2D eigenvalue weighted by Gasteiger charge is 2.17. The van der Waals surface area contributed by atoms with Crippen LogP contribution in [0.25, 0.3) is 11.4 Å². The number of rotatable bonds is 5. The smallest absolute Gasteiger partial charge is 0.315 e. The van der Waals surface area contributed by atoms with Gasteiger partial charge in [0, 0.05) is 17.7 Å². The fraction of sp³-hybridized carbons (Fsp3) is 0.188. The van der Waals surface area contributed by atoms with Gasteiger partial charge in [-0.2, -0.15) is 4.98 Å². The van der Waals surface area contributed by atoms with E-state index in [2.05, 4.69) is 20.8 Å². The van der Waals surface area contributed by atoms with Crippen LogP contribution < -0.4 is 10.6 Å². The minimum atomic E-state index is -0.476. The number of carbonyl (C=O) groups is 1. The van der Waals surface area contributed by atoms with Crippen molar-refractivity contribution in [2.45, 2.75) is 19.5 Å². The molecule has 8 heteroatoms. The van der Waals surface area contributed by atoms with Crippen molar-refractivity contribution in [3.63, 3.8) is 0 Å². The van der Waals surface area contributed by atoms with Crippen molar-refractivity contribution in [2.75, 3.05) is 0 Å². The summed E-state index contributed by atoms with van der Waals surface area (Å²) in [6.07, 6.45) is 3.09. The first-order valence-electron chi connectivity index (χ1n) is 7.27. The Morgan fingerprint density at radius 2 is 2.08 bits per heavy atom. The molecule has 1 aromatic carbocycles. The number of aromatic nitrogens is 2. The zero-order chi connectivity index (χ0) is 16.9. The van der Waals surface area contributed by atoms with Crippen LogP contribution in [0.2, 0.25) is 0 Å². The van der Waals surface area contributed by atoms with Crippen LogP contribution in [0.5, 0.6) is 0 Å². The van der Waals surface area contributed by atoms with Crippen molar-refractivity contribution >= 4 is 6.03 Å². The molecule has 0 aliphatic carbocycles. The zero-order valence-corrected chi connectivity index (χ0v) is 12.8. The summed E-state index contributed by atoms with van der Waals surface area (Å²) in [5.74, 6) is 0.247. The van der Waals surface area contributed by atoms with Gasteiger partial charge < -0.3 is 19.6 Å². The first kappa shape index (κ1) is 15.7. The van der Waals surface area contributed by atoms with E-state index in [0.717, 1.165) is 5.56 Å². The van der Waals surface area contributed by atoms with Crippen molar-refractivity contribution in [3.05, 3.63) is 60.1 Å². The van der Waals surface area contributed by atoms with Gasteiger partial charge in [0.05, 0.1) is 12.5 Å². The molecule has 24 heavy (non-hydrogen) atoms. The Morgan fingerprint density at radius 3 is 2.79 bits per heavy atom. The Morgan fingerprint density at radius 1 is 1.29 bits per heavy atom. The average molecular weight is 330 g/mol. The van der Waals surface area contributed by atoms with Crippen LogP contribution in [0.3, 0.4) is 0 Å². The quantitative estimate of drug-likeness (QED) is 0.750. The van der Waals surface area contributed by atoms with Crippen molar-refractivity contribution < 1.29 is 18.1 Å². The predicted octanol–water partition coefficient (Wildman–Crippen LogP) is 3.03. The monoisotopic (exact) mass is 330 g/mol. The maximum absolute atomic E-state index is 12.9. The second kappa shape index (κ2) is 6.95. The number of nitrogens with zero attached hydrogens (tertiary/aromatic N) is 2. The molecule has 0 spiro atoms. The lowest BCUT2D eigenvalue weighted by Crippen LogP contribution is -2.36. The number of amides is 2. The van der Waals surface area contributed by atoms with Crippen molar-refractivity contribution in [1.29, 1.82) is 0 Å². The molecule has 2 aromatic heterocycles. The lowest BCUT2D eigenvalue weighted by Gasteiger charge is -2.10. The van der Waals surface area contributed by atoms with Crippen molar-refractivity contribution in [1.82, 2.24) is 20.8 Å². The number of benzene rings is 1. The molecule has 3 aromatic rings. The molecule has 0 saturated carbocycles. The summed E-state index contributed by atoms with van der Waals surface area (Å²) in [6.45, 7) is 2.07. The molecule has 0 bridgehead atoms. The summed E-state index contributed by atoms with van der Waals surface area (Å²) in [7, 11) is 0. The number of furan rings is 1. The largest absolute Gasteiger partial charge is 0.472 e. The highest BCUT2D eigenvalue weighted by atomic mass is 19.1. The van der Waals surface area contributed by atoms with Gasteiger partial charge in [-0.3, -0.25) is 0 Å². The summed E-state index contributed by atoms with van der Waals surface area (Å²) >= 11 is 0. The molecule has 2 heterocycles. The zero-order valence-electron chi connectivity index (χ0n) is 12.8. The van der Waals surface area contributed by atoms with Crippen LogP contribution in [0.15, 0.2) is 51.8 Å². The third-order valence-corrected chi connectivity index (χ3v) is 3.30. The van der Waals surface area contributed by atoms with Crippen LogP contribution >= 0.6 is 0 Å². The second-order valence-electron chi connectivity index (χ2n) is 5.14. The Kier molecular flexibility index (Phi) is 4.55. The molecular weight excluding hydrogens is 315 g/mol. The summed E-state index contributed by atoms with van der Waals surface area (Å²) in [5.41, 5.74) is 1.48. The Bertz CT molecular complexity index is 799. The minimum Gasteiger partial charge on any atom is -0.472 e. The van der Waals surface area contributed by atoms with Gasteiger partial charge in [0.25, 0.3) is 0 Å². The van der Waals surface area contributed by atoms with Gasteiger partial charge >= 0.3 is 6.03 Å². The molecule has 0 radical (unpaired) electrons. The van der Waals surface area contributed by atoms with Gasteiger partial charge in [0.2, 0.25) is 11.7 Å². The van der Waals surface area contributed by atoms with E-state index in [1.165, 1.54) is 18.4 Å². The Hall–Kier alpha value is -3.16. The Balaban J connectivity index is 1.58. The maximum atomic E-state index is 12.9. The standard InChI is InChI=1S/C16H15FN4O3/c1-10(19-16(22)18-8-11-6-7-23-9-11)15-20-14(21-24-15)12-2-4-13(17)5-3-12/h2-7,9-10H,8H2,1H3,(H2,18,19,22)/t10-/m0/s1. The third kappa shape index (κ3) is 3.78. The summed E-state index contributed by atoms with van der Waals surface area (Å²) in [6, 6.07) is 6.66. The third-order valence-electron chi connectivity index (χ3n) is 3.30. The van der Waals surface area contributed by atoms with Gasteiger partial charge in [-0.15, -0.1) is 0 Å². The van der Waals surface area contributed by atoms with Crippen molar-refractivity contribution in [3.8, 4) is 11.4 Å². The van der Waals surface area contributed by atoms with E-state index >= 15 is 0 Å². The molecule has 1 atom stereocenters. The average Bonchev–Trinajstić information content (AvgIpc) is 3.25. The fourth-order valence-electron chi connectivity index (χ4n) is 2.01. The number of urea groups is 1. The molecule has 0 aliphatic rings. The molecule has 124 valence electrons. The number of nitrogens with one attached hydrogen (secondary N) is 2. The second-order valence-corrected chi connectivity index (χ2v) is 5.14. The van der Waals surface area contributed by atoms with E-state index in [-0.39, 0.29) is 17.7 Å². The first-order valence-corrected chi connectivity index (χ1v) is 7.27. The molecule has 0 aliphatic heterocycles. The lowest BCUT2D eigenvalue weighted by molar-refractivity contribution is 0.233.